The fourth-order valence-electron chi connectivity index (χ4n) is 0.888. The molecule has 0 heterocycles. The molecule has 13 heavy (non-hydrogen) atoms. The van der Waals surface area contributed by atoms with E-state index in [9.17, 15) is 8.78 Å². The predicted octanol–water partition coefficient (Wildman–Crippen LogP) is 3.09. The molecule has 0 aromatic heterocycles. The third kappa shape index (κ3) is 2.84. The van der Waals surface area contributed by atoms with E-state index in [-0.39, 0.29) is 0 Å². The number of hydrogen-bond acceptors (Lipinski definition) is 1. The van der Waals surface area contributed by atoms with Crippen LogP contribution in [0.25, 0.3) is 0 Å². The Morgan fingerprint density at radius 1 is 1.54 bits per heavy atom. The summed E-state index contributed by atoms with van der Waals surface area (Å²) in [6.45, 7) is 1.09. The summed E-state index contributed by atoms with van der Waals surface area (Å²) in [6, 6.07) is 5.87. The van der Waals surface area contributed by atoms with Crippen molar-refractivity contribution < 1.29 is 13.5 Å². The van der Waals surface area contributed by atoms with Crippen molar-refractivity contribution >= 4 is 11.6 Å². The molecule has 0 saturated carbocycles. The lowest BCUT2D eigenvalue weighted by Crippen LogP contribution is -2.08. The monoisotopic (exact) mass is 205 g/mol. The van der Waals surface area contributed by atoms with Gasteiger partial charge in [0.1, 0.15) is 12.4 Å². The van der Waals surface area contributed by atoms with Crippen LogP contribution in [0.5, 0.6) is 5.75 Å². The molecule has 1 rings (SSSR count). The molecule has 0 saturated heterocycles. The minimum Gasteiger partial charge on any atom is -0.486 e. The van der Waals surface area contributed by atoms with Crippen LogP contribution in [0.1, 0.15) is 5.56 Å². The summed E-state index contributed by atoms with van der Waals surface area (Å²) in [5.74, 6) is 0.306. The van der Waals surface area contributed by atoms with E-state index >= 15 is 0 Å². The minimum atomic E-state index is -2.49. The molecular formula is C9H8ClF2O. The summed E-state index contributed by atoms with van der Waals surface area (Å²) in [4.78, 5) is 0. The molecule has 0 bridgehead atoms. The van der Waals surface area contributed by atoms with Crippen LogP contribution >= 0.6 is 11.6 Å². The Balaban J connectivity index is 2.75. The molecule has 0 amide bonds. The highest BCUT2D eigenvalue weighted by Gasteiger charge is 2.08. The van der Waals surface area contributed by atoms with Crippen molar-refractivity contribution in [1.29, 1.82) is 0 Å². The van der Waals surface area contributed by atoms with Gasteiger partial charge >= 0.3 is 0 Å². The van der Waals surface area contributed by atoms with Gasteiger partial charge < -0.3 is 4.74 Å². The van der Waals surface area contributed by atoms with Crippen LogP contribution in [0, 0.1) is 13.0 Å². The summed E-state index contributed by atoms with van der Waals surface area (Å²) >= 11 is 5.71. The Kier molecular flexibility index (Phi) is 3.48. The van der Waals surface area contributed by atoms with Crippen LogP contribution in [0.4, 0.5) is 8.78 Å². The number of hydrogen-bond donors (Lipinski definition) is 0. The van der Waals surface area contributed by atoms with Gasteiger partial charge in [0.25, 0.3) is 6.43 Å². The molecule has 0 N–H and O–H groups in total. The molecule has 0 aliphatic heterocycles. The lowest BCUT2D eigenvalue weighted by molar-refractivity contribution is 0.0816. The summed E-state index contributed by atoms with van der Waals surface area (Å²) in [5, 5.41) is 0.306. The maximum atomic E-state index is 11.8. The van der Waals surface area contributed by atoms with Gasteiger partial charge in [-0.25, -0.2) is 8.78 Å². The summed E-state index contributed by atoms with van der Waals surface area (Å²) in [6.07, 6.45) is -2.49. The molecule has 0 unspecified atom stereocenters. The first-order chi connectivity index (χ1) is 6.11. The largest absolute Gasteiger partial charge is 0.486 e. The fraction of sp³-hybridized carbons (Fsp3) is 0.333. The molecule has 0 atom stereocenters. The Morgan fingerprint density at radius 2 is 2.23 bits per heavy atom. The lowest BCUT2D eigenvalue weighted by atomic mass is 10.2. The van der Waals surface area contributed by atoms with Crippen LogP contribution in [0.2, 0.25) is 5.02 Å². The maximum Gasteiger partial charge on any atom is 0.272 e. The molecule has 0 spiro atoms. The third-order valence-electron chi connectivity index (χ3n) is 1.44. The first-order valence-electron chi connectivity index (χ1n) is 3.68. The fourth-order valence-corrected chi connectivity index (χ4v) is 1.15. The van der Waals surface area contributed by atoms with E-state index in [1.54, 1.807) is 13.0 Å². The SMILES string of the molecule is Cc1c[c]cc(Cl)c1OCC(F)F. The molecular weight excluding hydrogens is 198 g/mol. The topological polar surface area (TPSA) is 9.23 Å². The van der Waals surface area contributed by atoms with Gasteiger partial charge in [0.2, 0.25) is 0 Å². The van der Waals surface area contributed by atoms with E-state index < -0.39 is 13.0 Å². The Bertz CT molecular complexity index is 269. The maximum absolute atomic E-state index is 11.8. The number of halogens is 3. The van der Waals surface area contributed by atoms with Crippen molar-refractivity contribution in [2.75, 3.05) is 6.61 Å². The van der Waals surface area contributed by atoms with Gasteiger partial charge in [-0.2, -0.15) is 0 Å². The van der Waals surface area contributed by atoms with Crippen molar-refractivity contribution in [3.63, 3.8) is 0 Å². The second-order valence-electron chi connectivity index (χ2n) is 2.52. The Hall–Kier alpha value is -0.830. The van der Waals surface area contributed by atoms with Crippen molar-refractivity contribution in [2.45, 2.75) is 13.3 Å². The highest BCUT2D eigenvalue weighted by molar-refractivity contribution is 6.32. The van der Waals surface area contributed by atoms with E-state index in [0.29, 0.717) is 16.3 Å². The van der Waals surface area contributed by atoms with Crippen molar-refractivity contribution in [3.05, 3.63) is 28.8 Å². The molecule has 1 aromatic rings. The number of ether oxygens (including phenoxy) is 1. The van der Waals surface area contributed by atoms with E-state index in [2.05, 4.69) is 6.07 Å². The highest BCUT2D eigenvalue weighted by Crippen LogP contribution is 2.27. The van der Waals surface area contributed by atoms with E-state index in [4.69, 9.17) is 16.3 Å². The molecule has 1 radical (unpaired) electrons. The van der Waals surface area contributed by atoms with Crippen molar-refractivity contribution in [1.82, 2.24) is 0 Å². The number of aryl methyl sites for hydroxylation is 1. The first kappa shape index (κ1) is 10.3. The zero-order chi connectivity index (χ0) is 9.84. The molecule has 0 aliphatic carbocycles. The number of benzene rings is 1. The average Bonchev–Trinajstić information content (AvgIpc) is 2.03. The van der Waals surface area contributed by atoms with Gasteiger partial charge in [0, 0.05) is 0 Å². The van der Waals surface area contributed by atoms with Gasteiger partial charge in [-0.3, -0.25) is 0 Å². The van der Waals surface area contributed by atoms with Crippen molar-refractivity contribution in [2.24, 2.45) is 0 Å². The van der Waals surface area contributed by atoms with E-state index in [1.165, 1.54) is 6.07 Å². The van der Waals surface area contributed by atoms with Gasteiger partial charge in [0.05, 0.1) is 5.02 Å². The van der Waals surface area contributed by atoms with Gasteiger partial charge in [-0.1, -0.05) is 11.6 Å². The smallest absolute Gasteiger partial charge is 0.272 e. The first-order valence-corrected chi connectivity index (χ1v) is 4.06. The zero-order valence-corrected chi connectivity index (χ0v) is 7.74. The average molecular weight is 206 g/mol. The van der Waals surface area contributed by atoms with Gasteiger partial charge in [0.15, 0.2) is 0 Å². The number of rotatable bonds is 3. The normalized spacial score (nSPS) is 10.5. The standard InChI is InChI=1S/C9H8ClF2O/c1-6-3-2-4-7(10)9(6)13-5-8(11)12/h3-4,8H,5H2,1H3. The molecule has 4 heteroatoms. The highest BCUT2D eigenvalue weighted by atomic mass is 35.5. The molecule has 1 nitrogen and oxygen atoms in total. The van der Waals surface area contributed by atoms with Gasteiger partial charge in [-0.05, 0) is 30.7 Å². The molecule has 71 valence electrons. The Labute approximate surface area is 80.3 Å². The summed E-state index contributed by atoms with van der Waals surface area (Å²) in [7, 11) is 0. The molecule has 0 aliphatic rings. The van der Waals surface area contributed by atoms with E-state index in [1.807, 2.05) is 0 Å². The Morgan fingerprint density at radius 3 is 2.77 bits per heavy atom. The predicted molar refractivity (Wildman–Crippen MR) is 46.5 cm³/mol. The quantitative estimate of drug-likeness (QED) is 0.737. The number of alkyl halides is 2. The van der Waals surface area contributed by atoms with Crippen LogP contribution in [0.3, 0.4) is 0 Å². The molecule has 1 aromatic carbocycles. The minimum absolute atomic E-state index is 0.306. The third-order valence-corrected chi connectivity index (χ3v) is 1.72. The molecule has 0 fully saturated rings. The second-order valence-corrected chi connectivity index (χ2v) is 2.92. The van der Waals surface area contributed by atoms with Crippen LogP contribution in [-0.4, -0.2) is 13.0 Å². The lowest BCUT2D eigenvalue weighted by Gasteiger charge is -2.09. The van der Waals surface area contributed by atoms with Crippen LogP contribution in [0.15, 0.2) is 12.1 Å². The van der Waals surface area contributed by atoms with Crippen LogP contribution < -0.4 is 4.74 Å². The van der Waals surface area contributed by atoms with Gasteiger partial charge in [-0.15, -0.1) is 0 Å². The van der Waals surface area contributed by atoms with Crippen LogP contribution in [-0.2, 0) is 0 Å². The summed E-state index contributed by atoms with van der Waals surface area (Å²) in [5.41, 5.74) is 0.702. The van der Waals surface area contributed by atoms with E-state index in [0.717, 1.165) is 0 Å². The van der Waals surface area contributed by atoms with Crippen molar-refractivity contribution in [3.8, 4) is 5.75 Å². The zero-order valence-electron chi connectivity index (χ0n) is 6.98. The summed E-state index contributed by atoms with van der Waals surface area (Å²) < 4.78 is 28.4. The second kappa shape index (κ2) is 4.42.